The van der Waals surface area contributed by atoms with Gasteiger partial charge in [-0.15, -0.1) is 0 Å². The Morgan fingerprint density at radius 2 is 2.12 bits per heavy atom. The van der Waals surface area contributed by atoms with Crippen LogP contribution in [0.3, 0.4) is 0 Å². The molecule has 8 nitrogen and oxygen atoms in total. The van der Waals surface area contributed by atoms with Crippen LogP contribution < -0.4 is 10.6 Å². The number of ether oxygens (including phenoxy) is 1. The van der Waals surface area contributed by atoms with Gasteiger partial charge >= 0.3 is 0 Å². The van der Waals surface area contributed by atoms with E-state index in [2.05, 4.69) is 25.7 Å². The Morgan fingerprint density at radius 3 is 2.88 bits per heavy atom. The molecule has 3 heterocycles. The topological polar surface area (TPSA) is 92.5 Å². The Bertz CT molecular complexity index is 682. The predicted octanol–water partition coefficient (Wildman–Crippen LogP) is 1.18. The highest BCUT2D eigenvalue weighted by Crippen LogP contribution is 2.16. The lowest BCUT2D eigenvalue weighted by molar-refractivity contribution is 0.0383. The first kappa shape index (κ1) is 16.4. The van der Waals surface area contributed by atoms with Crippen LogP contribution in [0, 0.1) is 6.92 Å². The number of nitrogens with zero attached hydrogens (tertiary/aromatic N) is 3. The highest BCUT2D eigenvalue weighted by molar-refractivity contribution is 5.94. The van der Waals surface area contributed by atoms with Crippen LogP contribution >= 0.6 is 0 Å². The largest absolute Gasteiger partial charge is 0.379 e. The Kier molecular flexibility index (Phi) is 5.39. The number of hydrogen-bond acceptors (Lipinski definition) is 7. The van der Waals surface area contributed by atoms with E-state index in [0.29, 0.717) is 29.4 Å². The summed E-state index contributed by atoms with van der Waals surface area (Å²) in [6, 6.07) is 3.51. The molecule has 24 heavy (non-hydrogen) atoms. The average Bonchev–Trinajstić information content (AvgIpc) is 3.01. The third-order valence-corrected chi connectivity index (χ3v) is 3.72. The smallest absolute Gasteiger partial charge is 0.252 e. The highest BCUT2D eigenvalue weighted by atomic mass is 16.5. The second-order valence-electron chi connectivity index (χ2n) is 5.62. The second-order valence-corrected chi connectivity index (χ2v) is 5.62. The van der Waals surface area contributed by atoms with Gasteiger partial charge in [-0.25, -0.2) is 0 Å². The number of pyridine rings is 1. The van der Waals surface area contributed by atoms with Crippen LogP contribution in [-0.4, -0.2) is 60.3 Å². The summed E-state index contributed by atoms with van der Waals surface area (Å²) in [5.41, 5.74) is 1.19. The van der Waals surface area contributed by atoms with Crippen molar-refractivity contribution in [2.75, 3.05) is 44.7 Å². The summed E-state index contributed by atoms with van der Waals surface area (Å²) in [4.78, 5) is 18.6. The van der Waals surface area contributed by atoms with Crippen LogP contribution in [0.5, 0.6) is 0 Å². The van der Waals surface area contributed by atoms with E-state index in [1.807, 2.05) is 6.92 Å². The normalized spacial score (nSPS) is 15.2. The molecule has 2 N–H and O–H groups in total. The standard InChI is InChI=1S/C16H21N5O3/c1-12-8-15(20-24-12)19-14-9-13(10-17-11-14)16(22)18-2-3-21-4-6-23-7-5-21/h8-11H,2-7H2,1H3,(H,18,22)(H,19,20). The fourth-order valence-corrected chi connectivity index (χ4v) is 2.46. The lowest BCUT2D eigenvalue weighted by Crippen LogP contribution is -2.41. The minimum atomic E-state index is -0.143. The summed E-state index contributed by atoms with van der Waals surface area (Å²) < 4.78 is 10.3. The maximum absolute atomic E-state index is 12.2. The van der Waals surface area contributed by atoms with Crippen LogP contribution in [-0.2, 0) is 4.74 Å². The van der Waals surface area contributed by atoms with E-state index in [1.165, 1.54) is 0 Å². The molecule has 0 spiro atoms. The van der Waals surface area contributed by atoms with Crippen LogP contribution in [0.4, 0.5) is 11.5 Å². The van der Waals surface area contributed by atoms with Gasteiger partial charge in [-0.1, -0.05) is 5.16 Å². The molecule has 0 unspecified atom stereocenters. The Morgan fingerprint density at radius 1 is 1.29 bits per heavy atom. The van der Waals surface area contributed by atoms with E-state index in [-0.39, 0.29) is 5.91 Å². The molecule has 1 fully saturated rings. The Hall–Kier alpha value is -2.45. The van der Waals surface area contributed by atoms with Crippen molar-refractivity contribution in [3.8, 4) is 0 Å². The molecular weight excluding hydrogens is 310 g/mol. The van der Waals surface area contributed by atoms with Gasteiger partial charge in [-0.2, -0.15) is 0 Å². The van der Waals surface area contributed by atoms with Crippen molar-refractivity contribution in [1.29, 1.82) is 0 Å². The third-order valence-electron chi connectivity index (χ3n) is 3.72. The molecule has 1 saturated heterocycles. The molecule has 3 rings (SSSR count). The summed E-state index contributed by atoms with van der Waals surface area (Å²) in [6.07, 6.45) is 3.18. The van der Waals surface area contributed by atoms with Crippen molar-refractivity contribution in [2.45, 2.75) is 6.92 Å². The quantitative estimate of drug-likeness (QED) is 0.821. The maximum atomic E-state index is 12.2. The highest BCUT2D eigenvalue weighted by Gasteiger charge is 2.11. The van der Waals surface area contributed by atoms with Crippen molar-refractivity contribution in [2.24, 2.45) is 0 Å². The molecule has 1 amide bonds. The Labute approximate surface area is 140 Å². The number of carbonyl (C=O) groups is 1. The molecule has 2 aromatic heterocycles. The van der Waals surface area contributed by atoms with Crippen LogP contribution in [0.15, 0.2) is 29.0 Å². The zero-order valence-corrected chi connectivity index (χ0v) is 13.6. The first-order valence-corrected chi connectivity index (χ1v) is 7.94. The lowest BCUT2D eigenvalue weighted by atomic mass is 10.2. The van der Waals surface area contributed by atoms with Crippen LogP contribution in [0.1, 0.15) is 16.1 Å². The van der Waals surface area contributed by atoms with E-state index in [0.717, 1.165) is 32.8 Å². The van der Waals surface area contributed by atoms with E-state index in [9.17, 15) is 4.79 Å². The molecule has 1 aliphatic rings. The van der Waals surface area contributed by atoms with Crippen molar-refractivity contribution in [1.82, 2.24) is 20.4 Å². The minimum absolute atomic E-state index is 0.143. The van der Waals surface area contributed by atoms with Gasteiger partial charge in [0.15, 0.2) is 5.82 Å². The number of nitrogens with one attached hydrogen (secondary N) is 2. The Balaban J connectivity index is 1.51. The predicted molar refractivity (Wildman–Crippen MR) is 88.4 cm³/mol. The van der Waals surface area contributed by atoms with Gasteiger partial charge in [0, 0.05) is 38.4 Å². The molecule has 8 heteroatoms. The van der Waals surface area contributed by atoms with Crippen LogP contribution in [0.2, 0.25) is 0 Å². The van der Waals surface area contributed by atoms with Crippen molar-refractivity contribution in [3.05, 3.63) is 35.9 Å². The number of aromatic nitrogens is 2. The summed E-state index contributed by atoms with van der Waals surface area (Å²) in [5.74, 6) is 1.15. The summed E-state index contributed by atoms with van der Waals surface area (Å²) in [7, 11) is 0. The number of aryl methyl sites for hydroxylation is 1. The summed E-state index contributed by atoms with van der Waals surface area (Å²) >= 11 is 0. The molecule has 0 radical (unpaired) electrons. The van der Waals surface area contributed by atoms with E-state index in [1.54, 1.807) is 24.5 Å². The van der Waals surface area contributed by atoms with E-state index in [4.69, 9.17) is 9.26 Å². The van der Waals surface area contributed by atoms with Gasteiger partial charge in [-0.3, -0.25) is 14.7 Å². The monoisotopic (exact) mass is 331 g/mol. The van der Waals surface area contributed by atoms with Crippen molar-refractivity contribution in [3.63, 3.8) is 0 Å². The number of carbonyl (C=O) groups excluding carboxylic acids is 1. The van der Waals surface area contributed by atoms with Gasteiger partial charge in [0.1, 0.15) is 5.76 Å². The first-order chi connectivity index (χ1) is 11.7. The van der Waals surface area contributed by atoms with E-state index >= 15 is 0 Å². The molecule has 0 saturated carbocycles. The second kappa shape index (κ2) is 7.89. The van der Waals surface area contributed by atoms with Gasteiger partial charge in [0.2, 0.25) is 0 Å². The number of morpholine rings is 1. The average molecular weight is 331 g/mol. The van der Waals surface area contributed by atoms with Crippen molar-refractivity contribution >= 4 is 17.4 Å². The van der Waals surface area contributed by atoms with E-state index < -0.39 is 0 Å². The molecule has 0 atom stereocenters. The van der Waals surface area contributed by atoms with Crippen LogP contribution in [0.25, 0.3) is 0 Å². The van der Waals surface area contributed by atoms with Gasteiger partial charge in [0.25, 0.3) is 5.91 Å². The molecule has 0 bridgehead atoms. The van der Waals surface area contributed by atoms with Gasteiger partial charge in [-0.05, 0) is 13.0 Å². The number of anilines is 2. The molecule has 1 aliphatic heterocycles. The summed E-state index contributed by atoms with van der Waals surface area (Å²) in [6.45, 7) is 6.56. The minimum Gasteiger partial charge on any atom is -0.379 e. The zero-order chi connectivity index (χ0) is 16.8. The number of rotatable bonds is 6. The molecule has 0 aliphatic carbocycles. The number of amides is 1. The lowest BCUT2D eigenvalue weighted by Gasteiger charge is -2.26. The number of hydrogen-bond donors (Lipinski definition) is 2. The zero-order valence-electron chi connectivity index (χ0n) is 13.6. The van der Waals surface area contributed by atoms with Crippen molar-refractivity contribution < 1.29 is 14.1 Å². The van der Waals surface area contributed by atoms with Gasteiger partial charge in [0.05, 0.1) is 30.7 Å². The molecule has 128 valence electrons. The summed E-state index contributed by atoms with van der Waals surface area (Å²) in [5, 5.41) is 9.83. The fraction of sp³-hybridized carbons (Fsp3) is 0.438. The molecular formula is C16H21N5O3. The fourth-order valence-electron chi connectivity index (χ4n) is 2.46. The first-order valence-electron chi connectivity index (χ1n) is 7.94. The molecule has 0 aromatic carbocycles. The SMILES string of the molecule is Cc1cc(Nc2cncc(C(=O)NCCN3CCOCC3)c2)no1. The third kappa shape index (κ3) is 4.53. The maximum Gasteiger partial charge on any atom is 0.252 e. The molecule has 2 aromatic rings. The van der Waals surface area contributed by atoms with Gasteiger partial charge < -0.3 is 19.9 Å².